The van der Waals surface area contributed by atoms with E-state index in [1.807, 2.05) is 13.0 Å². The van der Waals surface area contributed by atoms with Crippen molar-refractivity contribution < 1.29 is 4.74 Å². The summed E-state index contributed by atoms with van der Waals surface area (Å²) in [6.45, 7) is 1.91. The molecule has 2 rings (SSSR count). The smallest absolute Gasteiger partial charge is 0.238 e. The van der Waals surface area contributed by atoms with Gasteiger partial charge in [-0.15, -0.1) is 11.6 Å². The number of hydrogen-bond acceptors (Lipinski definition) is 2. The van der Waals surface area contributed by atoms with E-state index in [9.17, 15) is 0 Å². The van der Waals surface area contributed by atoms with E-state index in [4.69, 9.17) is 39.5 Å². The van der Waals surface area contributed by atoms with Gasteiger partial charge in [-0.25, -0.2) is 4.98 Å². The van der Waals surface area contributed by atoms with Crippen LogP contribution in [0, 0.1) is 6.92 Å². The van der Waals surface area contributed by atoms with E-state index in [-0.39, 0.29) is 0 Å². The molecular weight excluding hydrogens is 293 g/mol. The lowest BCUT2D eigenvalue weighted by Gasteiger charge is -2.09. The first-order valence-electron chi connectivity index (χ1n) is 5.24. The van der Waals surface area contributed by atoms with Crippen LogP contribution in [0.25, 0.3) is 0 Å². The predicted molar refractivity (Wildman–Crippen MR) is 75.1 cm³/mol. The first-order valence-corrected chi connectivity index (χ1v) is 6.53. The number of halogens is 3. The molecule has 0 spiro atoms. The molecule has 1 heterocycles. The summed E-state index contributed by atoms with van der Waals surface area (Å²) in [6, 6.07) is 7.09. The summed E-state index contributed by atoms with van der Waals surface area (Å²) in [5, 5.41) is 1.10. The van der Waals surface area contributed by atoms with Gasteiger partial charge in [0.15, 0.2) is 0 Å². The minimum Gasteiger partial charge on any atom is -0.437 e. The molecule has 1 aromatic heterocycles. The number of aryl methyl sites for hydroxylation is 1. The number of pyridine rings is 1. The average molecular weight is 303 g/mol. The van der Waals surface area contributed by atoms with E-state index < -0.39 is 0 Å². The van der Waals surface area contributed by atoms with Gasteiger partial charge >= 0.3 is 0 Å². The maximum atomic E-state index is 6.07. The fraction of sp³-hybridized carbons (Fsp3) is 0.154. The van der Waals surface area contributed by atoms with Gasteiger partial charge in [-0.1, -0.05) is 23.2 Å². The van der Waals surface area contributed by atoms with Gasteiger partial charge in [-0.3, -0.25) is 0 Å². The molecule has 0 saturated heterocycles. The second-order valence-corrected chi connectivity index (χ2v) is 4.89. The lowest BCUT2D eigenvalue weighted by atomic mass is 10.2. The second kappa shape index (κ2) is 5.79. The van der Waals surface area contributed by atoms with Crippen LogP contribution >= 0.6 is 34.8 Å². The van der Waals surface area contributed by atoms with E-state index in [2.05, 4.69) is 4.98 Å². The van der Waals surface area contributed by atoms with E-state index in [1.54, 1.807) is 24.4 Å². The van der Waals surface area contributed by atoms with E-state index in [1.165, 1.54) is 0 Å². The Kier molecular flexibility index (Phi) is 4.33. The van der Waals surface area contributed by atoms with Crippen LogP contribution in [0.2, 0.25) is 10.0 Å². The molecule has 0 aliphatic carbocycles. The molecule has 94 valence electrons. The predicted octanol–water partition coefficient (Wildman–Crippen LogP) is 5.23. The molecule has 0 aliphatic rings. The molecule has 0 aliphatic heterocycles. The third-order valence-corrected chi connectivity index (χ3v) is 3.18. The minimum atomic E-state index is 0.357. The molecule has 2 aromatic rings. The van der Waals surface area contributed by atoms with Crippen molar-refractivity contribution in [3.63, 3.8) is 0 Å². The molecule has 0 atom stereocenters. The zero-order valence-electron chi connectivity index (χ0n) is 9.58. The van der Waals surface area contributed by atoms with Crippen LogP contribution in [0.3, 0.4) is 0 Å². The van der Waals surface area contributed by atoms with Crippen LogP contribution in [0.5, 0.6) is 11.6 Å². The highest BCUT2D eigenvalue weighted by Gasteiger charge is 2.08. The summed E-state index contributed by atoms with van der Waals surface area (Å²) in [5.41, 5.74) is 1.77. The molecule has 0 fully saturated rings. The Balaban J connectivity index is 2.28. The van der Waals surface area contributed by atoms with Crippen molar-refractivity contribution in [1.82, 2.24) is 4.98 Å². The fourth-order valence-electron chi connectivity index (χ4n) is 1.44. The third-order valence-electron chi connectivity index (χ3n) is 2.36. The highest BCUT2D eigenvalue weighted by Crippen LogP contribution is 2.31. The summed E-state index contributed by atoms with van der Waals surface area (Å²) in [5.74, 6) is 1.40. The molecule has 0 bridgehead atoms. The van der Waals surface area contributed by atoms with Crippen molar-refractivity contribution in [2.45, 2.75) is 12.8 Å². The lowest BCUT2D eigenvalue weighted by molar-refractivity contribution is 0.459. The molecule has 0 N–H and O–H groups in total. The highest BCUT2D eigenvalue weighted by molar-refractivity contribution is 6.32. The molecule has 2 nitrogen and oxygen atoms in total. The quantitative estimate of drug-likeness (QED) is 0.724. The van der Waals surface area contributed by atoms with Crippen LogP contribution in [0.15, 0.2) is 30.5 Å². The summed E-state index contributed by atoms with van der Waals surface area (Å²) >= 11 is 17.6. The number of rotatable bonds is 3. The summed E-state index contributed by atoms with van der Waals surface area (Å²) in [4.78, 5) is 4.14. The molecule has 0 unspecified atom stereocenters. The Labute approximate surface area is 120 Å². The van der Waals surface area contributed by atoms with Crippen LogP contribution in [-0.4, -0.2) is 4.98 Å². The molecule has 18 heavy (non-hydrogen) atoms. The van der Waals surface area contributed by atoms with Crippen molar-refractivity contribution >= 4 is 34.8 Å². The number of benzene rings is 1. The average Bonchev–Trinajstić information content (AvgIpc) is 2.34. The van der Waals surface area contributed by atoms with Crippen LogP contribution in [0.1, 0.15) is 11.1 Å². The second-order valence-electron chi connectivity index (χ2n) is 3.78. The Hall–Kier alpha value is -0.960. The van der Waals surface area contributed by atoms with E-state index in [0.29, 0.717) is 27.6 Å². The van der Waals surface area contributed by atoms with Gasteiger partial charge in [0.2, 0.25) is 5.88 Å². The Morgan fingerprint density at radius 1 is 1.22 bits per heavy atom. The van der Waals surface area contributed by atoms with Gasteiger partial charge in [0.1, 0.15) is 10.8 Å². The van der Waals surface area contributed by atoms with Gasteiger partial charge in [0.05, 0.1) is 0 Å². The molecule has 5 heteroatoms. The molecule has 0 amide bonds. The third kappa shape index (κ3) is 3.08. The molecule has 0 saturated carbocycles. The van der Waals surface area contributed by atoms with Crippen molar-refractivity contribution in [1.29, 1.82) is 0 Å². The van der Waals surface area contributed by atoms with Crippen LogP contribution < -0.4 is 4.74 Å². The van der Waals surface area contributed by atoms with E-state index >= 15 is 0 Å². The standard InChI is InChI=1S/C13H10Cl3NO/c1-8-4-10(15)2-3-12(8)18-13-11(16)5-9(6-14)7-17-13/h2-5,7H,6H2,1H3. The van der Waals surface area contributed by atoms with Crippen molar-refractivity contribution in [2.24, 2.45) is 0 Å². The lowest BCUT2D eigenvalue weighted by Crippen LogP contribution is -1.92. The zero-order chi connectivity index (χ0) is 13.1. The van der Waals surface area contributed by atoms with Crippen molar-refractivity contribution in [3.8, 4) is 11.6 Å². The minimum absolute atomic E-state index is 0.357. The first-order chi connectivity index (χ1) is 8.60. The van der Waals surface area contributed by atoms with Gasteiger partial charge in [0.25, 0.3) is 0 Å². The van der Waals surface area contributed by atoms with Gasteiger partial charge in [-0.05, 0) is 42.3 Å². The number of aromatic nitrogens is 1. The molecular formula is C13H10Cl3NO. The number of hydrogen-bond donors (Lipinski definition) is 0. The first kappa shape index (κ1) is 13.5. The number of alkyl halides is 1. The molecule has 0 radical (unpaired) electrons. The van der Waals surface area contributed by atoms with Gasteiger partial charge in [-0.2, -0.15) is 0 Å². The number of ether oxygens (including phenoxy) is 1. The normalized spacial score (nSPS) is 10.4. The van der Waals surface area contributed by atoms with Crippen molar-refractivity contribution in [2.75, 3.05) is 0 Å². The summed E-state index contributed by atoms with van der Waals surface area (Å²) in [7, 11) is 0. The maximum absolute atomic E-state index is 6.07. The Bertz CT molecular complexity index is 572. The molecule has 1 aromatic carbocycles. The highest BCUT2D eigenvalue weighted by atomic mass is 35.5. The SMILES string of the molecule is Cc1cc(Cl)ccc1Oc1ncc(CCl)cc1Cl. The van der Waals surface area contributed by atoms with Gasteiger partial charge < -0.3 is 4.74 Å². The number of nitrogens with zero attached hydrogens (tertiary/aromatic N) is 1. The maximum Gasteiger partial charge on any atom is 0.238 e. The largest absolute Gasteiger partial charge is 0.437 e. The van der Waals surface area contributed by atoms with Gasteiger partial charge in [0, 0.05) is 17.1 Å². The van der Waals surface area contributed by atoms with E-state index in [0.717, 1.165) is 11.1 Å². The van der Waals surface area contributed by atoms with Crippen molar-refractivity contribution in [3.05, 3.63) is 51.6 Å². The summed E-state index contributed by atoms with van der Waals surface area (Å²) in [6.07, 6.45) is 1.64. The topological polar surface area (TPSA) is 22.1 Å². The zero-order valence-corrected chi connectivity index (χ0v) is 11.9. The van der Waals surface area contributed by atoms with Crippen LogP contribution in [0.4, 0.5) is 0 Å². The Morgan fingerprint density at radius 2 is 2.00 bits per heavy atom. The Morgan fingerprint density at radius 3 is 2.61 bits per heavy atom. The van der Waals surface area contributed by atoms with Crippen LogP contribution in [-0.2, 0) is 5.88 Å². The summed E-state index contributed by atoms with van der Waals surface area (Å²) < 4.78 is 5.65. The fourth-order valence-corrected chi connectivity index (χ4v) is 2.04. The monoisotopic (exact) mass is 301 g/mol.